The molecule has 0 aromatic heterocycles. The van der Waals surface area contributed by atoms with Gasteiger partial charge in [0.2, 0.25) is 0 Å². The van der Waals surface area contributed by atoms with Crippen molar-refractivity contribution >= 4 is 23.1 Å². The lowest BCUT2D eigenvalue weighted by Gasteiger charge is -2.09. The summed E-state index contributed by atoms with van der Waals surface area (Å²) in [6, 6.07) is 4.89. The maximum Gasteiger partial charge on any atom is 0.350 e. The molecule has 0 atom stereocenters. The molecule has 16 heavy (non-hydrogen) atoms. The maximum atomic E-state index is 11.3. The molecule has 0 saturated heterocycles. The third-order valence-electron chi connectivity index (χ3n) is 1.86. The Balaban J connectivity index is 2.96. The molecule has 4 nitrogen and oxygen atoms in total. The zero-order chi connectivity index (χ0) is 12.1. The van der Waals surface area contributed by atoms with Crippen molar-refractivity contribution in [1.82, 2.24) is 0 Å². The summed E-state index contributed by atoms with van der Waals surface area (Å²) in [6.45, 7) is 1.51. The molecule has 0 amide bonds. The van der Waals surface area contributed by atoms with Gasteiger partial charge in [-0.2, -0.15) is 0 Å². The van der Waals surface area contributed by atoms with E-state index in [0.717, 1.165) is 0 Å². The fourth-order valence-corrected chi connectivity index (χ4v) is 1.07. The zero-order valence-corrected chi connectivity index (χ0v) is 10.1. The van der Waals surface area contributed by atoms with E-state index in [1.807, 2.05) is 0 Å². The molecule has 0 bridgehead atoms. The van der Waals surface area contributed by atoms with E-state index in [4.69, 9.17) is 26.4 Å². The van der Waals surface area contributed by atoms with E-state index in [0.29, 0.717) is 17.2 Å². The van der Waals surface area contributed by atoms with Gasteiger partial charge in [-0.15, -0.1) is 0 Å². The van der Waals surface area contributed by atoms with Crippen molar-refractivity contribution in [2.24, 2.45) is 0 Å². The average molecular weight is 240 g/mol. The van der Waals surface area contributed by atoms with Gasteiger partial charge in [0.15, 0.2) is 11.5 Å². The molecule has 0 heterocycles. The molecule has 0 saturated carbocycles. The summed E-state index contributed by atoms with van der Waals surface area (Å²) in [5.41, 5.74) is 0. The summed E-state index contributed by atoms with van der Waals surface area (Å²) >= 11 is 4.71. The molecule has 1 aromatic carbocycles. The Labute approximate surface area is 99.1 Å². The quantitative estimate of drug-likeness (QED) is 0.457. The van der Waals surface area contributed by atoms with Crippen LogP contribution in [0.15, 0.2) is 18.2 Å². The number of hydrogen-bond acceptors (Lipinski definition) is 5. The lowest BCUT2D eigenvalue weighted by atomic mass is 10.3. The number of hydrogen-bond donors (Lipinski definition) is 0. The number of benzene rings is 1. The number of thiocarbonyl (C=S) groups is 1. The van der Waals surface area contributed by atoms with Crippen LogP contribution in [0.4, 0.5) is 0 Å². The zero-order valence-electron chi connectivity index (χ0n) is 9.27. The first-order valence-electron chi connectivity index (χ1n) is 4.53. The van der Waals surface area contributed by atoms with Gasteiger partial charge in [-0.05, 0) is 19.1 Å². The Morgan fingerprint density at radius 1 is 1.19 bits per heavy atom. The minimum Gasteiger partial charge on any atom is -0.497 e. The monoisotopic (exact) mass is 240 g/mol. The molecule has 86 valence electrons. The van der Waals surface area contributed by atoms with Gasteiger partial charge < -0.3 is 14.2 Å². The van der Waals surface area contributed by atoms with Gasteiger partial charge in [0.1, 0.15) is 5.75 Å². The van der Waals surface area contributed by atoms with Crippen LogP contribution in [0, 0.1) is 0 Å². The van der Waals surface area contributed by atoms with Gasteiger partial charge in [-0.3, -0.25) is 0 Å². The first kappa shape index (κ1) is 12.4. The molecule has 5 heteroatoms. The molecule has 0 fully saturated rings. The van der Waals surface area contributed by atoms with Crippen LogP contribution in [0.5, 0.6) is 17.2 Å². The SMILES string of the molecule is COc1ccc(OC(=O)C(C)=S)c(OC)c1. The van der Waals surface area contributed by atoms with Crippen LogP contribution in [0.3, 0.4) is 0 Å². The number of esters is 1. The Kier molecular flexibility index (Phi) is 4.25. The van der Waals surface area contributed by atoms with Crippen molar-refractivity contribution in [2.45, 2.75) is 6.92 Å². The van der Waals surface area contributed by atoms with E-state index in [1.165, 1.54) is 14.0 Å². The van der Waals surface area contributed by atoms with E-state index in [1.54, 1.807) is 25.3 Å². The molecule has 0 radical (unpaired) electrons. The van der Waals surface area contributed by atoms with Crippen molar-refractivity contribution in [3.05, 3.63) is 18.2 Å². The highest BCUT2D eigenvalue weighted by Crippen LogP contribution is 2.31. The summed E-state index contributed by atoms with van der Waals surface area (Å²) in [4.78, 5) is 11.4. The van der Waals surface area contributed by atoms with Crippen LogP contribution in [0.2, 0.25) is 0 Å². The second-order valence-electron chi connectivity index (χ2n) is 2.96. The normalized spacial score (nSPS) is 9.44. The molecule has 0 spiro atoms. The minimum absolute atomic E-state index is 0.165. The van der Waals surface area contributed by atoms with Gasteiger partial charge >= 0.3 is 5.97 Å². The first-order chi connectivity index (χ1) is 7.58. The van der Waals surface area contributed by atoms with Crippen LogP contribution in [0.1, 0.15) is 6.92 Å². The summed E-state index contributed by atoms with van der Waals surface area (Å²) in [5.74, 6) is 0.802. The lowest BCUT2D eigenvalue weighted by molar-refractivity contribution is -0.126. The minimum atomic E-state index is -0.557. The first-order valence-corrected chi connectivity index (χ1v) is 4.94. The van der Waals surface area contributed by atoms with E-state index >= 15 is 0 Å². The van der Waals surface area contributed by atoms with Gasteiger partial charge in [-0.1, -0.05) is 12.2 Å². The van der Waals surface area contributed by atoms with Gasteiger partial charge in [0.05, 0.1) is 19.1 Å². The number of rotatable bonds is 4. The van der Waals surface area contributed by atoms with Crippen molar-refractivity contribution in [2.75, 3.05) is 14.2 Å². The highest BCUT2D eigenvalue weighted by Gasteiger charge is 2.12. The van der Waals surface area contributed by atoms with E-state index in [9.17, 15) is 4.79 Å². The number of carbonyl (C=O) groups is 1. The summed E-state index contributed by atoms with van der Waals surface area (Å²) < 4.78 is 15.1. The van der Waals surface area contributed by atoms with Gasteiger partial charge in [0, 0.05) is 6.07 Å². The summed E-state index contributed by atoms with van der Waals surface area (Å²) in [7, 11) is 3.03. The van der Waals surface area contributed by atoms with Crippen molar-refractivity contribution in [3.63, 3.8) is 0 Å². The molecule has 0 aliphatic rings. The lowest BCUT2D eigenvalue weighted by Crippen LogP contribution is -2.15. The average Bonchev–Trinajstić information content (AvgIpc) is 2.29. The van der Waals surface area contributed by atoms with Crippen LogP contribution < -0.4 is 14.2 Å². The van der Waals surface area contributed by atoms with Crippen LogP contribution in [-0.2, 0) is 4.79 Å². The predicted octanol–water partition coefficient (Wildman–Crippen LogP) is 2.00. The largest absolute Gasteiger partial charge is 0.497 e. The highest BCUT2D eigenvalue weighted by atomic mass is 32.1. The summed E-state index contributed by atoms with van der Waals surface area (Å²) in [6.07, 6.45) is 0. The molecule has 0 aliphatic carbocycles. The highest BCUT2D eigenvalue weighted by molar-refractivity contribution is 7.82. The number of methoxy groups -OCH3 is 2. The van der Waals surface area contributed by atoms with E-state index in [-0.39, 0.29) is 4.86 Å². The number of carbonyl (C=O) groups excluding carboxylic acids is 1. The smallest absolute Gasteiger partial charge is 0.350 e. The third kappa shape index (κ3) is 2.93. The standard InChI is InChI=1S/C11H12O4S/c1-7(16)11(12)15-9-5-4-8(13-2)6-10(9)14-3/h4-6H,1-3H3. The molecule has 0 N–H and O–H groups in total. The molecule has 1 aromatic rings. The van der Waals surface area contributed by atoms with Crippen molar-refractivity contribution in [1.29, 1.82) is 0 Å². The van der Waals surface area contributed by atoms with Crippen LogP contribution in [0.25, 0.3) is 0 Å². The number of ether oxygens (including phenoxy) is 3. The fourth-order valence-electron chi connectivity index (χ4n) is 1.03. The third-order valence-corrected chi connectivity index (χ3v) is 2.03. The van der Waals surface area contributed by atoms with E-state index < -0.39 is 5.97 Å². The van der Waals surface area contributed by atoms with Gasteiger partial charge in [-0.25, -0.2) is 4.79 Å². The Bertz CT molecular complexity index is 414. The fraction of sp³-hybridized carbons (Fsp3) is 0.273. The van der Waals surface area contributed by atoms with E-state index in [2.05, 4.69) is 0 Å². The molecular formula is C11H12O4S. The Morgan fingerprint density at radius 2 is 1.88 bits per heavy atom. The second kappa shape index (κ2) is 5.46. The maximum absolute atomic E-state index is 11.3. The summed E-state index contributed by atoms with van der Waals surface area (Å²) in [5, 5.41) is 0. The molecule has 1 rings (SSSR count). The molecule has 0 unspecified atom stereocenters. The second-order valence-corrected chi connectivity index (χ2v) is 3.57. The predicted molar refractivity (Wildman–Crippen MR) is 63.5 cm³/mol. The van der Waals surface area contributed by atoms with Crippen molar-refractivity contribution < 1.29 is 19.0 Å². The van der Waals surface area contributed by atoms with Crippen LogP contribution >= 0.6 is 12.2 Å². The van der Waals surface area contributed by atoms with Crippen molar-refractivity contribution in [3.8, 4) is 17.2 Å². The Hall–Kier alpha value is -1.62. The Morgan fingerprint density at radius 3 is 2.38 bits per heavy atom. The molecule has 0 aliphatic heterocycles. The van der Waals surface area contributed by atoms with Crippen LogP contribution in [-0.4, -0.2) is 25.1 Å². The van der Waals surface area contributed by atoms with Gasteiger partial charge in [0.25, 0.3) is 0 Å². The molecular weight excluding hydrogens is 228 g/mol. The topological polar surface area (TPSA) is 44.8 Å².